The van der Waals surface area contributed by atoms with E-state index in [2.05, 4.69) is 25.2 Å². The first-order chi connectivity index (χ1) is 6.68. The van der Waals surface area contributed by atoms with Gasteiger partial charge in [-0.1, -0.05) is 23.8 Å². The Morgan fingerprint density at radius 3 is 2.86 bits per heavy atom. The number of hydrogen-bond acceptors (Lipinski definition) is 1. The van der Waals surface area contributed by atoms with E-state index in [0.717, 1.165) is 12.1 Å². The maximum absolute atomic E-state index is 12.8. The molecule has 1 N–H and O–H groups in total. The molecule has 0 aliphatic heterocycles. The molecule has 0 unspecified atom stereocenters. The second-order valence-corrected chi connectivity index (χ2v) is 3.54. The van der Waals surface area contributed by atoms with Gasteiger partial charge >= 0.3 is 0 Å². The van der Waals surface area contributed by atoms with Gasteiger partial charge < -0.3 is 5.32 Å². The van der Waals surface area contributed by atoms with Crippen molar-refractivity contribution in [2.45, 2.75) is 20.4 Å². The van der Waals surface area contributed by atoms with Crippen LogP contribution in [-0.2, 0) is 6.54 Å². The summed E-state index contributed by atoms with van der Waals surface area (Å²) in [5, 5.41) is 3.22. The Balaban J connectivity index is 2.35. The van der Waals surface area contributed by atoms with Crippen molar-refractivity contribution >= 4 is 0 Å². The van der Waals surface area contributed by atoms with Crippen molar-refractivity contribution in [1.82, 2.24) is 5.32 Å². The first kappa shape index (κ1) is 10.9. The van der Waals surface area contributed by atoms with Gasteiger partial charge in [-0.2, -0.15) is 0 Å². The fraction of sp³-hybridized carbons (Fsp3) is 0.333. The molecule has 76 valence electrons. The highest BCUT2D eigenvalue weighted by atomic mass is 19.1. The summed E-state index contributed by atoms with van der Waals surface area (Å²) in [6.07, 6.45) is 2.11. The third-order valence-electron chi connectivity index (χ3n) is 1.87. The lowest BCUT2D eigenvalue weighted by Crippen LogP contribution is -2.13. The van der Waals surface area contributed by atoms with E-state index >= 15 is 0 Å². The fourth-order valence-corrected chi connectivity index (χ4v) is 1.14. The molecule has 1 rings (SSSR count). The second-order valence-electron chi connectivity index (χ2n) is 3.54. The molecule has 1 nitrogen and oxygen atoms in total. The lowest BCUT2D eigenvalue weighted by Gasteiger charge is -2.02. The van der Waals surface area contributed by atoms with E-state index < -0.39 is 0 Å². The van der Waals surface area contributed by atoms with Crippen LogP contribution in [0.4, 0.5) is 4.39 Å². The van der Waals surface area contributed by atoms with Crippen LogP contribution < -0.4 is 5.32 Å². The largest absolute Gasteiger partial charge is 0.309 e. The highest BCUT2D eigenvalue weighted by Gasteiger charge is 1.93. The smallest absolute Gasteiger partial charge is 0.123 e. The van der Waals surface area contributed by atoms with Crippen LogP contribution in [0.3, 0.4) is 0 Å². The van der Waals surface area contributed by atoms with Gasteiger partial charge in [-0.25, -0.2) is 4.39 Å². The van der Waals surface area contributed by atoms with Crippen LogP contribution in [0.2, 0.25) is 0 Å². The highest BCUT2D eigenvalue weighted by molar-refractivity contribution is 5.16. The first-order valence-corrected chi connectivity index (χ1v) is 4.77. The molecular weight excluding hydrogens is 177 g/mol. The Morgan fingerprint density at radius 2 is 2.21 bits per heavy atom. The molecule has 14 heavy (non-hydrogen) atoms. The molecule has 1 aromatic carbocycles. The van der Waals surface area contributed by atoms with E-state index in [1.165, 1.54) is 11.6 Å². The van der Waals surface area contributed by atoms with Crippen LogP contribution in [0.25, 0.3) is 0 Å². The number of halogens is 1. The highest BCUT2D eigenvalue weighted by Crippen LogP contribution is 2.02. The summed E-state index contributed by atoms with van der Waals surface area (Å²) in [6, 6.07) is 6.65. The van der Waals surface area contributed by atoms with E-state index in [1.807, 2.05) is 6.07 Å². The first-order valence-electron chi connectivity index (χ1n) is 4.77. The predicted molar refractivity (Wildman–Crippen MR) is 57.5 cm³/mol. The molecule has 0 aromatic heterocycles. The third kappa shape index (κ3) is 4.19. The molecule has 0 radical (unpaired) electrons. The van der Waals surface area contributed by atoms with Crippen LogP contribution in [-0.4, -0.2) is 6.54 Å². The average Bonchev–Trinajstić information content (AvgIpc) is 2.12. The van der Waals surface area contributed by atoms with Crippen LogP contribution in [0, 0.1) is 5.82 Å². The molecule has 0 aliphatic carbocycles. The van der Waals surface area contributed by atoms with E-state index in [-0.39, 0.29) is 5.82 Å². The van der Waals surface area contributed by atoms with Gasteiger partial charge in [0.25, 0.3) is 0 Å². The maximum Gasteiger partial charge on any atom is 0.123 e. The summed E-state index contributed by atoms with van der Waals surface area (Å²) in [7, 11) is 0. The number of allylic oxidation sites excluding steroid dienone is 1. The van der Waals surface area contributed by atoms with Gasteiger partial charge in [0.15, 0.2) is 0 Å². The molecule has 1 aromatic rings. The summed E-state index contributed by atoms with van der Waals surface area (Å²) in [6.45, 7) is 5.66. The monoisotopic (exact) mass is 193 g/mol. The standard InChI is InChI=1S/C12H16FN/c1-10(2)6-7-14-9-11-4-3-5-12(13)8-11/h3-6,8,14H,7,9H2,1-2H3. The van der Waals surface area contributed by atoms with Gasteiger partial charge in [0.1, 0.15) is 5.82 Å². The number of nitrogens with one attached hydrogen (secondary N) is 1. The Kier molecular flexibility index (Phi) is 4.33. The topological polar surface area (TPSA) is 12.0 Å². The molecule has 0 bridgehead atoms. The lowest BCUT2D eigenvalue weighted by molar-refractivity contribution is 0.623. The molecule has 0 saturated heterocycles. The van der Waals surface area contributed by atoms with Crippen molar-refractivity contribution in [2.24, 2.45) is 0 Å². The van der Waals surface area contributed by atoms with Crippen molar-refractivity contribution in [3.63, 3.8) is 0 Å². The predicted octanol–water partition coefficient (Wildman–Crippen LogP) is 2.88. The minimum absolute atomic E-state index is 0.175. The molecule has 0 atom stereocenters. The number of rotatable bonds is 4. The maximum atomic E-state index is 12.8. The molecule has 0 spiro atoms. The third-order valence-corrected chi connectivity index (χ3v) is 1.87. The summed E-state index contributed by atoms with van der Waals surface area (Å²) in [5.74, 6) is -0.175. The van der Waals surface area contributed by atoms with Crippen molar-refractivity contribution < 1.29 is 4.39 Å². The van der Waals surface area contributed by atoms with E-state index in [9.17, 15) is 4.39 Å². The molecule has 0 amide bonds. The number of benzene rings is 1. The fourth-order valence-electron chi connectivity index (χ4n) is 1.14. The minimum atomic E-state index is -0.175. The van der Waals surface area contributed by atoms with Gasteiger partial charge in [-0.05, 0) is 31.5 Å². The van der Waals surface area contributed by atoms with Crippen molar-refractivity contribution in [3.8, 4) is 0 Å². The normalized spacial score (nSPS) is 9.93. The Hall–Kier alpha value is -1.15. The summed E-state index contributed by atoms with van der Waals surface area (Å²) >= 11 is 0. The van der Waals surface area contributed by atoms with Gasteiger partial charge in [0, 0.05) is 13.1 Å². The van der Waals surface area contributed by atoms with Crippen LogP contribution in [0.5, 0.6) is 0 Å². The lowest BCUT2D eigenvalue weighted by atomic mass is 10.2. The van der Waals surface area contributed by atoms with E-state index in [0.29, 0.717) is 6.54 Å². The molecule has 0 saturated carbocycles. The summed E-state index contributed by atoms with van der Waals surface area (Å²) in [5.41, 5.74) is 2.27. The number of hydrogen-bond donors (Lipinski definition) is 1. The van der Waals surface area contributed by atoms with Crippen LogP contribution >= 0.6 is 0 Å². The van der Waals surface area contributed by atoms with Gasteiger partial charge in [-0.15, -0.1) is 0 Å². The Labute approximate surface area is 84.6 Å². The summed E-state index contributed by atoms with van der Waals surface area (Å²) in [4.78, 5) is 0. The molecule has 0 fully saturated rings. The van der Waals surface area contributed by atoms with Crippen molar-refractivity contribution in [2.75, 3.05) is 6.54 Å². The molecule has 0 heterocycles. The van der Waals surface area contributed by atoms with Gasteiger partial charge in [0.05, 0.1) is 0 Å². The Morgan fingerprint density at radius 1 is 1.43 bits per heavy atom. The van der Waals surface area contributed by atoms with Crippen LogP contribution in [0.1, 0.15) is 19.4 Å². The molecule has 0 aliphatic rings. The quantitative estimate of drug-likeness (QED) is 0.572. The zero-order chi connectivity index (χ0) is 10.4. The average molecular weight is 193 g/mol. The molecular formula is C12H16FN. The zero-order valence-corrected chi connectivity index (χ0v) is 8.68. The SMILES string of the molecule is CC(C)=CCNCc1cccc(F)c1. The van der Waals surface area contributed by atoms with Gasteiger partial charge in [0.2, 0.25) is 0 Å². The minimum Gasteiger partial charge on any atom is -0.309 e. The Bertz CT molecular complexity index is 314. The second kappa shape index (κ2) is 5.55. The van der Waals surface area contributed by atoms with E-state index in [4.69, 9.17) is 0 Å². The zero-order valence-electron chi connectivity index (χ0n) is 8.68. The van der Waals surface area contributed by atoms with E-state index in [1.54, 1.807) is 12.1 Å². The molecule has 2 heteroatoms. The summed E-state index contributed by atoms with van der Waals surface area (Å²) < 4.78 is 12.8. The van der Waals surface area contributed by atoms with Crippen molar-refractivity contribution in [3.05, 3.63) is 47.3 Å². The van der Waals surface area contributed by atoms with Crippen molar-refractivity contribution in [1.29, 1.82) is 0 Å². The van der Waals surface area contributed by atoms with Crippen LogP contribution in [0.15, 0.2) is 35.9 Å². The van der Waals surface area contributed by atoms with Gasteiger partial charge in [-0.3, -0.25) is 0 Å².